The summed E-state index contributed by atoms with van der Waals surface area (Å²) in [7, 11) is 0. The number of aromatic nitrogens is 1. The van der Waals surface area contributed by atoms with Crippen molar-refractivity contribution in [3.8, 4) is 5.69 Å². The van der Waals surface area contributed by atoms with Crippen LogP contribution in [0.15, 0.2) is 53.6 Å². The van der Waals surface area contributed by atoms with Crippen molar-refractivity contribution < 1.29 is 4.79 Å². The van der Waals surface area contributed by atoms with Gasteiger partial charge in [-0.15, -0.1) is 0 Å². The van der Waals surface area contributed by atoms with Gasteiger partial charge in [0.1, 0.15) is 0 Å². The average Bonchev–Trinajstić information content (AvgIpc) is 3.36. The van der Waals surface area contributed by atoms with E-state index in [9.17, 15) is 4.79 Å². The Morgan fingerprint density at radius 3 is 2.19 bits per heavy atom. The second kappa shape index (κ2) is 8.80. The molecule has 1 amide bonds. The number of benzene rings is 2. The number of amides is 1. The molecule has 0 atom stereocenters. The van der Waals surface area contributed by atoms with Crippen LogP contribution in [-0.4, -0.2) is 29.8 Å². The standard InChI is InChI=1S/C26H30N4O/c1-18-13-19(2)15-25(14-18)30-20(3)16-23(21(30)4)17-27-28-26(31)22-7-9-24(10-8-22)29-11-5-6-12-29/h7-10,13-17H,5-6,11-12H2,1-4H3,(H,28,31)/b27-17-. The summed E-state index contributed by atoms with van der Waals surface area (Å²) in [4.78, 5) is 14.8. The van der Waals surface area contributed by atoms with Gasteiger partial charge in [-0.05, 0) is 94.1 Å². The van der Waals surface area contributed by atoms with Gasteiger partial charge < -0.3 is 9.47 Å². The lowest BCUT2D eigenvalue weighted by molar-refractivity contribution is 0.0955. The van der Waals surface area contributed by atoms with Gasteiger partial charge in [0.15, 0.2) is 0 Å². The second-order valence-corrected chi connectivity index (χ2v) is 8.45. The number of rotatable bonds is 5. The van der Waals surface area contributed by atoms with Gasteiger partial charge in [0, 0.05) is 47.0 Å². The van der Waals surface area contributed by atoms with Crippen molar-refractivity contribution in [2.45, 2.75) is 40.5 Å². The highest BCUT2D eigenvalue weighted by molar-refractivity contribution is 5.95. The van der Waals surface area contributed by atoms with Gasteiger partial charge in [-0.1, -0.05) is 6.07 Å². The molecule has 4 rings (SSSR count). The van der Waals surface area contributed by atoms with Crippen LogP contribution >= 0.6 is 0 Å². The Kier molecular flexibility index (Phi) is 5.94. The maximum absolute atomic E-state index is 12.5. The number of aryl methyl sites for hydroxylation is 3. The molecule has 31 heavy (non-hydrogen) atoms. The number of hydrogen-bond donors (Lipinski definition) is 1. The molecule has 0 bridgehead atoms. The Morgan fingerprint density at radius 2 is 1.55 bits per heavy atom. The minimum absolute atomic E-state index is 0.202. The number of carbonyl (C=O) groups excluding carboxylic acids is 1. The Bertz CT molecular complexity index is 1100. The van der Waals surface area contributed by atoms with Crippen LogP contribution in [0, 0.1) is 27.7 Å². The van der Waals surface area contributed by atoms with Crippen LogP contribution in [0.4, 0.5) is 5.69 Å². The summed E-state index contributed by atoms with van der Waals surface area (Å²) in [6, 6.07) is 16.4. The first-order valence-corrected chi connectivity index (χ1v) is 10.9. The molecule has 0 aliphatic carbocycles. The molecule has 1 fully saturated rings. The highest BCUT2D eigenvalue weighted by Gasteiger charge is 2.13. The first-order chi connectivity index (χ1) is 14.9. The van der Waals surface area contributed by atoms with E-state index < -0.39 is 0 Å². The molecule has 0 unspecified atom stereocenters. The molecule has 1 aliphatic heterocycles. The molecule has 2 aromatic carbocycles. The summed E-state index contributed by atoms with van der Waals surface area (Å²) in [5, 5.41) is 4.21. The van der Waals surface area contributed by atoms with Crippen molar-refractivity contribution in [3.05, 3.63) is 82.2 Å². The van der Waals surface area contributed by atoms with Gasteiger partial charge in [-0.3, -0.25) is 4.79 Å². The minimum atomic E-state index is -0.202. The molecule has 0 saturated carbocycles. The Morgan fingerprint density at radius 1 is 0.903 bits per heavy atom. The number of nitrogens with zero attached hydrogens (tertiary/aromatic N) is 3. The van der Waals surface area contributed by atoms with Crippen LogP contribution in [0.2, 0.25) is 0 Å². The van der Waals surface area contributed by atoms with Crippen molar-refractivity contribution in [2.24, 2.45) is 5.10 Å². The number of carbonyl (C=O) groups is 1. The molecule has 1 saturated heterocycles. The van der Waals surface area contributed by atoms with Crippen molar-refractivity contribution in [3.63, 3.8) is 0 Å². The van der Waals surface area contributed by atoms with E-state index in [1.165, 1.54) is 29.7 Å². The number of hydrogen-bond acceptors (Lipinski definition) is 3. The number of nitrogens with one attached hydrogen (secondary N) is 1. The third kappa shape index (κ3) is 4.55. The van der Waals surface area contributed by atoms with Gasteiger partial charge in [0.2, 0.25) is 0 Å². The highest BCUT2D eigenvalue weighted by atomic mass is 16.2. The zero-order chi connectivity index (χ0) is 22.0. The van der Waals surface area contributed by atoms with Crippen molar-refractivity contribution >= 4 is 17.8 Å². The van der Waals surface area contributed by atoms with Crippen LogP contribution in [0.25, 0.3) is 5.69 Å². The van der Waals surface area contributed by atoms with Crippen molar-refractivity contribution in [1.82, 2.24) is 9.99 Å². The predicted octanol–water partition coefficient (Wildman–Crippen LogP) is 5.08. The molecule has 1 aromatic heterocycles. The fourth-order valence-corrected chi connectivity index (χ4v) is 4.42. The molecule has 2 heterocycles. The summed E-state index contributed by atoms with van der Waals surface area (Å²) in [5.74, 6) is -0.202. The van der Waals surface area contributed by atoms with Crippen LogP contribution in [0.3, 0.4) is 0 Å². The van der Waals surface area contributed by atoms with Crippen LogP contribution < -0.4 is 10.3 Å². The van der Waals surface area contributed by atoms with E-state index in [2.05, 4.69) is 72.0 Å². The molecule has 160 valence electrons. The Balaban J connectivity index is 1.46. The van der Waals surface area contributed by atoms with Gasteiger partial charge in [-0.25, -0.2) is 5.43 Å². The third-order valence-electron chi connectivity index (χ3n) is 5.91. The monoisotopic (exact) mass is 414 g/mol. The van der Waals surface area contributed by atoms with Crippen molar-refractivity contribution in [1.29, 1.82) is 0 Å². The van der Waals surface area contributed by atoms with E-state index in [4.69, 9.17) is 0 Å². The van der Waals surface area contributed by atoms with E-state index >= 15 is 0 Å². The molecule has 1 N–H and O–H groups in total. The average molecular weight is 415 g/mol. The van der Waals surface area contributed by atoms with Crippen LogP contribution in [-0.2, 0) is 0 Å². The topological polar surface area (TPSA) is 49.6 Å². The largest absolute Gasteiger partial charge is 0.372 e. The lowest BCUT2D eigenvalue weighted by atomic mass is 10.1. The minimum Gasteiger partial charge on any atom is -0.372 e. The van der Waals surface area contributed by atoms with Gasteiger partial charge in [0.25, 0.3) is 5.91 Å². The first-order valence-electron chi connectivity index (χ1n) is 10.9. The zero-order valence-corrected chi connectivity index (χ0v) is 18.8. The third-order valence-corrected chi connectivity index (χ3v) is 5.91. The normalized spacial score (nSPS) is 13.9. The first kappa shape index (κ1) is 20.9. The maximum atomic E-state index is 12.5. The quantitative estimate of drug-likeness (QED) is 0.468. The summed E-state index contributed by atoms with van der Waals surface area (Å²) >= 11 is 0. The zero-order valence-electron chi connectivity index (χ0n) is 18.8. The van der Waals surface area contributed by atoms with E-state index in [1.54, 1.807) is 6.21 Å². The molecule has 0 radical (unpaired) electrons. The molecule has 1 aliphatic rings. The maximum Gasteiger partial charge on any atom is 0.271 e. The van der Waals surface area contributed by atoms with Crippen molar-refractivity contribution in [2.75, 3.05) is 18.0 Å². The lowest BCUT2D eigenvalue weighted by Crippen LogP contribution is -2.19. The van der Waals surface area contributed by atoms with Gasteiger partial charge >= 0.3 is 0 Å². The summed E-state index contributed by atoms with van der Waals surface area (Å²) in [6.45, 7) is 10.6. The molecule has 0 spiro atoms. The Labute approximate surface area is 184 Å². The van der Waals surface area contributed by atoms with Gasteiger partial charge in [-0.2, -0.15) is 5.10 Å². The molecule has 3 aromatic rings. The fraction of sp³-hybridized carbons (Fsp3) is 0.308. The molecule has 5 nitrogen and oxygen atoms in total. The van der Waals surface area contributed by atoms with E-state index in [0.717, 1.165) is 35.7 Å². The second-order valence-electron chi connectivity index (χ2n) is 8.45. The highest BCUT2D eigenvalue weighted by Crippen LogP contribution is 2.22. The summed E-state index contributed by atoms with van der Waals surface area (Å²) in [6.07, 6.45) is 4.19. The SMILES string of the molecule is Cc1cc(C)cc(-n2c(C)cc(/C=N\NC(=O)c3ccc(N4CCCC4)cc3)c2C)c1. The van der Waals surface area contributed by atoms with Gasteiger partial charge in [0.05, 0.1) is 6.21 Å². The summed E-state index contributed by atoms with van der Waals surface area (Å²) < 4.78 is 2.22. The fourth-order valence-electron chi connectivity index (χ4n) is 4.42. The molecule has 5 heteroatoms. The smallest absolute Gasteiger partial charge is 0.271 e. The number of anilines is 1. The Hall–Kier alpha value is -3.34. The number of hydrazone groups is 1. The molecular formula is C26H30N4O. The summed E-state index contributed by atoms with van der Waals surface area (Å²) in [5.41, 5.74) is 11.3. The molecular weight excluding hydrogens is 384 g/mol. The predicted molar refractivity (Wildman–Crippen MR) is 128 cm³/mol. The van der Waals surface area contributed by atoms with Crippen LogP contribution in [0.5, 0.6) is 0 Å². The van der Waals surface area contributed by atoms with E-state index in [1.807, 2.05) is 24.3 Å². The van der Waals surface area contributed by atoms with E-state index in [-0.39, 0.29) is 5.91 Å². The van der Waals surface area contributed by atoms with E-state index in [0.29, 0.717) is 5.56 Å². The van der Waals surface area contributed by atoms with Crippen LogP contribution in [0.1, 0.15) is 51.3 Å². The lowest BCUT2D eigenvalue weighted by Gasteiger charge is -2.17.